The first-order valence-corrected chi connectivity index (χ1v) is 13.4. The molecular formula is C30H29ClFN5O3. The van der Waals surface area contributed by atoms with Crippen LogP contribution in [0.4, 0.5) is 10.2 Å². The normalized spacial score (nSPS) is 15.6. The third kappa shape index (κ3) is 4.70. The largest absolute Gasteiger partial charge is 0.507 e. The van der Waals surface area contributed by atoms with Crippen LogP contribution in [-0.4, -0.2) is 56.1 Å². The molecule has 2 aromatic heterocycles. The number of pyridine rings is 1. The molecule has 1 atom stereocenters. The third-order valence-corrected chi connectivity index (χ3v) is 7.53. The minimum Gasteiger partial charge on any atom is -0.507 e. The van der Waals surface area contributed by atoms with Crippen molar-refractivity contribution in [2.45, 2.75) is 32.7 Å². The standard InChI is InChI=1S/C30H29ClFN5O3/c1-5-25(39)35-13-14-36(18(4)16-35)28-20-15-22(32)27(26-21(31)10-8-12-24(26)38)33-29(20)37(30(40)34-28)23-11-7-6-9-19(23)17(2)3/h5-12,15,17-18,38H,1,13-14,16H2,2-4H3/t18-/m0/s1. The number of benzene rings is 2. The average Bonchev–Trinajstić information content (AvgIpc) is 2.92. The van der Waals surface area contributed by atoms with E-state index in [0.717, 1.165) is 5.56 Å². The van der Waals surface area contributed by atoms with Crippen LogP contribution in [0.15, 0.2) is 66.0 Å². The van der Waals surface area contributed by atoms with Crippen LogP contribution < -0.4 is 10.6 Å². The van der Waals surface area contributed by atoms with Gasteiger partial charge in [-0.1, -0.05) is 56.3 Å². The summed E-state index contributed by atoms with van der Waals surface area (Å²) in [6.07, 6.45) is 1.27. The molecule has 4 aromatic rings. The zero-order chi connectivity index (χ0) is 28.7. The number of aromatic hydroxyl groups is 1. The molecule has 10 heteroatoms. The number of anilines is 1. The molecule has 0 spiro atoms. The number of hydrogen-bond acceptors (Lipinski definition) is 6. The van der Waals surface area contributed by atoms with Crippen molar-refractivity contribution in [3.8, 4) is 22.7 Å². The highest BCUT2D eigenvalue weighted by molar-refractivity contribution is 6.33. The minimum atomic E-state index is -0.727. The number of aromatic nitrogens is 3. The number of piperazine rings is 1. The maximum Gasteiger partial charge on any atom is 0.355 e. The van der Waals surface area contributed by atoms with Crippen LogP contribution in [0.2, 0.25) is 5.02 Å². The van der Waals surface area contributed by atoms with E-state index in [-0.39, 0.29) is 51.4 Å². The van der Waals surface area contributed by atoms with Gasteiger partial charge in [-0.25, -0.2) is 18.7 Å². The summed E-state index contributed by atoms with van der Waals surface area (Å²) >= 11 is 6.37. The number of hydrogen-bond donors (Lipinski definition) is 1. The van der Waals surface area contributed by atoms with Crippen LogP contribution in [0.5, 0.6) is 5.75 Å². The number of rotatable bonds is 5. The number of nitrogens with zero attached hydrogens (tertiary/aromatic N) is 5. The second kappa shape index (κ2) is 10.7. The van der Waals surface area contributed by atoms with Gasteiger partial charge in [0.25, 0.3) is 0 Å². The van der Waals surface area contributed by atoms with Crippen molar-refractivity contribution < 1.29 is 14.3 Å². The second-order valence-electron chi connectivity index (χ2n) is 10.1. The molecule has 3 heterocycles. The van der Waals surface area contributed by atoms with Gasteiger partial charge in [-0.2, -0.15) is 4.98 Å². The van der Waals surface area contributed by atoms with Crippen LogP contribution in [0.25, 0.3) is 28.0 Å². The SMILES string of the molecule is C=CC(=O)N1CCN(c2nc(=O)n(-c3ccccc3C(C)C)c3nc(-c4c(O)cccc4Cl)c(F)cc23)[C@@H](C)C1. The summed E-state index contributed by atoms with van der Waals surface area (Å²) in [5.74, 6) is -0.796. The van der Waals surface area contributed by atoms with Gasteiger partial charge in [0.2, 0.25) is 5.91 Å². The van der Waals surface area contributed by atoms with E-state index in [4.69, 9.17) is 11.6 Å². The predicted octanol–water partition coefficient (Wildman–Crippen LogP) is 5.29. The highest BCUT2D eigenvalue weighted by atomic mass is 35.5. The molecule has 0 aliphatic carbocycles. The molecule has 0 unspecified atom stereocenters. The van der Waals surface area contributed by atoms with Gasteiger partial charge in [-0.05, 0) is 48.7 Å². The molecule has 1 aliphatic heterocycles. The molecule has 40 heavy (non-hydrogen) atoms. The fraction of sp³-hybridized carbons (Fsp3) is 0.267. The first kappa shape index (κ1) is 27.3. The number of carbonyl (C=O) groups is 1. The van der Waals surface area contributed by atoms with E-state index in [2.05, 4.69) is 16.5 Å². The monoisotopic (exact) mass is 561 g/mol. The summed E-state index contributed by atoms with van der Waals surface area (Å²) in [6.45, 7) is 10.7. The van der Waals surface area contributed by atoms with Crippen LogP contribution in [0, 0.1) is 5.82 Å². The van der Waals surface area contributed by atoms with Crippen molar-refractivity contribution in [1.82, 2.24) is 19.4 Å². The molecule has 1 amide bonds. The van der Waals surface area contributed by atoms with Crippen molar-refractivity contribution in [3.63, 3.8) is 0 Å². The first-order chi connectivity index (χ1) is 19.1. The summed E-state index contributed by atoms with van der Waals surface area (Å²) in [6, 6.07) is 13.0. The van der Waals surface area contributed by atoms with E-state index in [1.54, 1.807) is 17.0 Å². The molecule has 0 radical (unpaired) electrons. The Hall–Kier alpha value is -4.24. The van der Waals surface area contributed by atoms with Crippen molar-refractivity contribution in [2.24, 2.45) is 0 Å². The van der Waals surface area contributed by atoms with Crippen LogP contribution >= 0.6 is 11.6 Å². The molecule has 8 nitrogen and oxygen atoms in total. The van der Waals surface area contributed by atoms with Crippen molar-refractivity contribution in [3.05, 3.63) is 88.1 Å². The Labute approximate surface area is 236 Å². The van der Waals surface area contributed by atoms with Crippen molar-refractivity contribution in [1.29, 1.82) is 0 Å². The van der Waals surface area contributed by atoms with Gasteiger partial charge in [0, 0.05) is 25.7 Å². The van der Waals surface area contributed by atoms with Gasteiger partial charge in [0.05, 0.1) is 21.7 Å². The Balaban J connectivity index is 1.80. The van der Waals surface area contributed by atoms with Crippen molar-refractivity contribution in [2.75, 3.05) is 24.5 Å². The highest BCUT2D eigenvalue weighted by Gasteiger charge is 2.30. The van der Waals surface area contributed by atoms with Gasteiger partial charge < -0.3 is 14.9 Å². The van der Waals surface area contributed by atoms with Gasteiger partial charge in [0.1, 0.15) is 17.3 Å². The Bertz CT molecular complexity index is 1680. The Morgan fingerprint density at radius 1 is 1.18 bits per heavy atom. The molecule has 0 saturated carbocycles. The zero-order valence-corrected chi connectivity index (χ0v) is 23.2. The number of carbonyl (C=O) groups excluding carboxylic acids is 1. The molecule has 2 aromatic carbocycles. The van der Waals surface area contributed by atoms with Gasteiger partial charge in [-0.3, -0.25) is 4.79 Å². The molecule has 206 valence electrons. The lowest BCUT2D eigenvalue weighted by Gasteiger charge is -2.40. The summed E-state index contributed by atoms with van der Waals surface area (Å²) in [7, 11) is 0. The fourth-order valence-corrected chi connectivity index (χ4v) is 5.50. The van der Waals surface area contributed by atoms with E-state index in [9.17, 15) is 14.7 Å². The molecular weight excluding hydrogens is 533 g/mol. The molecule has 1 saturated heterocycles. The predicted molar refractivity (Wildman–Crippen MR) is 155 cm³/mol. The lowest BCUT2D eigenvalue weighted by molar-refractivity contribution is -0.126. The number of para-hydroxylation sites is 1. The smallest absolute Gasteiger partial charge is 0.355 e. The van der Waals surface area contributed by atoms with Crippen LogP contribution in [-0.2, 0) is 4.79 Å². The number of amides is 1. The quantitative estimate of drug-likeness (QED) is 0.333. The molecule has 1 N–H and O–H groups in total. The highest BCUT2D eigenvalue weighted by Crippen LogP contribution is 2.38. The molecule has 1 fully saturated rings. The second-order valence-corrected chi connectivity index (χ2v) is 10.5. The topological polar surface area (TPSA) is 91.6 Å². The average molecular weight is 562 g/mol. The first-order valence-electron chi connectivity index (χ1n) is 13.0. The Kier molecular flexibility index (Phi) is 7.33. The Morgan fingerprint density at radius 3 is 2.60 bits per heavy atom. The number of fused-ring (bicyclic) bond motifs is 1. The minimum absolute atomic E-state index is 0.0305. The van der Waals surface area contributed by atoms with Gasteiger partial charge in [0.15, 0.2) is 11.5 Å². The van der Waals surface area contributed by atoms with E-state index < -0.39 is 11.5 Å². The zero-order valence-electron chi connectivity index (χ0n) is 22.4. The number of halogens is 2. The maximum absolute atomic E-state index is 15.8. The molecule has 0 bridgehead atoms. The van der Waals surface area contributed by atoms with Crippen LogP contribution in [0.3, 0.4) is 0 Å². The Morgan fingerprint density at radius 2 is 1.93 bits per heavy atom. The van der Waals surface area contributed by atoms with Crippen molar-refractivity contribution >= 4 is 34.4 Å². The van der Waals surface area contributed by atoms with E-state index in [1.165, 1.54) is 28.8 Å². The third-order valence-electron chi connectivity index (χ3n) is 7.22. The maximum atomic E-state index is 15.8. The number of phenols is 1. The fourth-order valence-electron chi connectivity index (χ4n) is 5.25. The lowest BCUT2D eigenvalue weighted by atomic mass is 10.0. The summed E-state index contributed by atoms with van der Waals surface area (Å²) < 4.78 is 17.2. The van der Waals surface area contributed by atoms with E-state index in [0.29, 0.717) is 30.7 Å². The summed E-state index contributed by atoms with van der Waals surface area (Å²) in [4.78, 5) is 38.7. The summed E-state index contributed by atoms with van der Waals surface area (Å²) in [5.41, 5.74) is 0.907. The molecule has 5 rings (SSSR count). The number of phenolic OH excluding ortho intramolecular Hbond substituents is 1. The van der Waals surface area contributed by atoms with Gasteiger partial charge in [-0.15, -0.1) is 0 Å². The summed E-state index contributed by atoms with van der Waals surface area (Å²) in [5, 5.41) is 11.0. The van der Waals surface area contributed by atoms with E-state index >= 15 is 4.39 Å². The lowest BCUT2D eigenvalue weighted by Crippen LogP contribution is -2.54. The molecule has 1 aliphatic rings. The van der Waals surface area contributed by atoms with Crippen LogP contribution in [0.1, 0.15) is 32.3 Å². The van der Waals surface area contributed by atoms with Gasteiger partial charge >= 0.3 is 5.69 Å². The van der Waals surface area contributed by atoms with E-state index in [1.807, 2.05) is 43.9 Å².